The molecule has 0 amide bonds. The highest BCUT2D eigenvalue weighted by Gasteiger charge is 1.92. The van der Waals surface area contributed by atoms with Crippen LogP contribution in [0, 0.1) is 5.95 Å². The van der Waals surface area contributed by atoms with Gasteiger partial charge in [0.15, 0.2) is 0 Å². The van der Waals surface area contributed by atoms with E-state index < -0.39 is 5.95 Å². The van der Waals surface area contributed by atoms with E-state index >= 15 is 0 Å². The molecule has 62 valence electrons. The largest absolute Gasteiger partial charge is 0.213 e. The zero-order valence-electron chi connectivity index (χ0n) is 6.34. The number of hydrogen-bond acceptors (Lipinski definition) is 2. The van der Waals surface area contributed by atoms with Gasteiger partial charge in [-0.1, -0.05) is 19.9 Å². The van der Waals surface area contributed by atoms with Gasteiger partial charge in [-0.25, -0.2) is 4.98 Å². The molecule has 1 nitrogen and oxygen atoms in total. The van der Waals surface area contributed by atoms with Crippen LogP contribution in [0.1, 0.15) is 13.8 Å². The molecule has 1 aromatic rings. The maximum Gasteiger partial charge on any atom is 0.213 e. The normalized spacial score (nSPS) is 8.36. The van der Waals surface area contributed by atoms with Gasteiger partial charge in [-0.3, -0.25) is 0 Å². The molecule has 0 aliphatic rings. The molecule has 11 heavy (non-hydrogen) atoms. The first-order valence-corrected chi connectivity index (χ1v) is 4.88. The zero-order chi connectivity index (χ0) is 8.69. The molecule has 0 N–H and O–H groups in total. The summed E-state index contributed by atoms with van der Waals surface area (Å²) in [6.45, 7) is 4.00. The summed E-state index contributed by atoms with van der Waals surface area (Å²) < 4.78 is 12.2. The minimum Gasteiger partial charge on any atom is -0.212 e. The molecule has 0 aromatic carbocycles. The van der Waals surface area contributed by atoms with Crippen molar-refractivity contribution in [2.75, 3.05) is 0 Å². The van der Waals surface area contributed by atoms with Crippen molar-refractivity contribution in [3.05, 3.63) is 24.1 Å². The van der Waals surface area contributed by atoms with Crippen LogP contribution >= 0.6 is 21.7 Å². The van der Waals surface area contributed by atoms with Crippen LogP contribution < -0.4 is 0 Å². The first-order valence-electron chi connectivity index (χ1n) is 3.24. The van der Waals surface area contributed by atoms with Gasteiger partial charge < -0.3 is 0 Å². The monoisotopic (exact) mass is 193 g/mol. The Morgan fingerprint density at radius 3 is 2.45 bits per heavy atom. The molecule has 0 unspecified atom stereocenters. The first kappa shape index (κ1) is 10.7. The van der Waals surface area contributed by atoms with Crippen molar-refractivity contribution in [1.29, 1.82) is 0 Å². The Morgan fingerprint density at radius 1 is 1.45 bits per heavy atom. The molecule has 0 radical (unpaired) electrons. The summed E-state index contributed by atoms with van der Waals surface area (Å²) in [7, 11) is 6.19. The predicted octanol–water partition coefficient (Wildman–Crippen LogP) is 3.49. The van der Waals surface area contributed by atoms with Gasteiger partial charge in [-0.15, -0.1) is 0 Å². The highest BCUT2D eigenvalue weighted by molar-refractivity contribution is 8.21. The summed E-state index contributed by atoms with van der Waals surface area (Å²) in [5.41, 5.74) is 0. The highest BCUT2D eigenvalue weighted by Crippen LogP contribution is 2.18. The average Bonchev–Trinajstić information content (AvgIpc) is 2.08. The number of rotatable bonds is 1. The molecule has 0 saturated carbocycles. The van der Waals surface area contributed by atoms with Gasteiger partial charge in [0.25, 0.3) is 0 Å². The molecule has 0 atom stereocenters. The van der Waals surface area contributed by atoms with Crippen molar-refractivity contribution < 1.29 is 4.39 Å². The van der Waals surface area contributed by atoms with Crippen LogP contribution in [0.2, 0.25) is 0 Å². The van der Waals surface area contributed by atoms with Crippen LogP contribution in [0.25, 0.3) is 0 Å². The van der Waals surface area contributed by atoms with Gasteiger partial charge in [0.1, 0.15) is 5.03 Å². The molecule has 0 aliphatic carbocycles. The second-order valence-corrected chi connectivity index (χ2v) is 2.41. The van der Waals surface area contributed by atoms with Crippen molar-refractivity contribution in [2.45, 2.75) is 18.9 Å². The lowest BCUT2D eigenvalue weighted by Gasteiger charge is -1.89. The first-order chi connectivity index (χ1) is 5.33. The van der Waals surface area contributed by atoms with Gasteiger partial charge in [0.2, 0.25) is 5.95 Å². The summed E-state index contributed by atoms with van der Waals surface area (Å²) in [6.07, 6.45) is 0. The number of hydrogen-bond donors (Lipinski definition) is 0. The summed E-state index contributed by atoms with van der Waals surface area (Å²) in [4.78, 5) is 3.46. The van der Waals surface area contributed by atoms with Crippen LogP contribution in [0.4, 0.5) is 4.39 Å². The summed E-state index contributed by atoms with van der Waals surface area (Å²) in [5, 5.41) is 0.483. The topological polar surface area (TPSA) is 12.9 Å². The van der Waals surface area contributed by atoms with E-state index in [0.717, 1.165) is 11.0 Å². The Labute approximate surface area is 74.5 Å². The smallest absolute Gasteiger partial charge is 0.212 e. The van der Waals surface area contributed by atoms with E-state index in [1.165, 1.54) is 6.07 Å². The lowest BCUT2D eigenvalue weighted by Crippen LogP contribution is -1.80. The third-order valence-corrected chi connectivity index (χ3v) is 1.63. The Kier molecular flexibility index (Phi) is 6.27. The second kappa shape index (κ2) is 6.43. The summed E-state index contributed by atoms with van der Waals surface area (Å²) >= 11 is 0. The fraction of sp³-hybridized carbons (Fsp3) is 0.286. The molecule has 0 saturated heterocycles. The fourth-order valence-corrected chi connectivity index (χ4v) is 0.942. The minimum atomic E-state index is -0.499. The quantitative estimate of drug-likeness (QED) is 0.634. The van der Waals surface area contributed by atoms with E-state index in [0.29, 0.717) is 5.03 Å². The van der Waals surface area contributed by atoms with Crippen molar-refractivity contribution in [2.24, 2.45) is 0 Å². The van der Waals surface area contributed by atoms with Crippen LogP contribution in [0.5, 0.6) is 0 Å². The summed E-state index contributed by atoms with van der Waals surface area (Å²) in [6, 6.07) is 4.48. The van der Waals surface area contributed by atoms with Crippen molar-refractivity contribution in [3.8, 4) is 0 Å². The molecule has 0 bridgehead atoms. The molecular formula is C7H9ClFNS. The minimum absolute atomic E-state index is 0.483. The molecule has 4 heteroatoms. The van der Waals surface area contributed by atoms with Crippen LogP contribution in [0.15, 0.2) is 23.2 Å². The zero-order valence-corrected chi connectivity index (χ0v) is 7.92. The summed E-state index contributed by atoms with van der Waals surface area (Å²) in [5.74, 6) is -0.499. The molecule has 1 heterocycles. The van der Waals surface area contributed by atoms with Crippen molar-refractivity contribution >= 4 is 21.7 Å². The van der Waals surface area contributed by atoms with E-state index in [1.54, 1.807) is 12.1 Å². The van der Waals surface area contributed by atoms with E-state index in [4.69, 9.17) is 10.7 Å². The Hall–Kier alpha value is -0.280. The molecule has 0 spiro atoms. The molecule has 0 aliphatic heterocycles. The lowest BCUT2D eigenvalue weighted by molar-refractivity contribution is 0.572. The highest BCUT2D eigenvalue weighted by atomic mass is 35.7. The van der Waals surface area contributed by atoms with E-state index in [-0.39, 0.29) is 0 Å². The lowest BCUT2D eigenvalue weighted by atomic mass is 10.5. The maximum atomic E-state index is 12.2. The molecule has 0 fully saturated rings. The predicted molar refractivity (Wildman–Crippen MR) is 47.3 cm³/mol. The third kappa shape index (κ3) is 4.22. The Bertz CT molecular complexity index is 207. The van der Waals surface area contributed by atoms with E-state index in [9.17, 15) is 4.39 Å². The molecule has 1 aromatic heterocycles. The number of nitrogens with zero attached hydrogens (tertiary/aromatic N) is 1. The standard InChI is InChI=1S/C5H3ClFNS.C2H6/c6-9-5-3-1-2-4(7)8-5;1-2/h1-3H;1-2H3. The fourth-order valence-electron chi connectivity index (χ4n) is 0.433. The van der Waals surface area contributed by atoms with Crippen LogP contribution in [0.3, 0.4) is 0 Å². The van der Waals surface area contributed by atoms with Gasteiger partial charge in [0.05, 0.1) is 0 Å². The number of aromatic nitrogens is 1. The van der Waals surface area contributed by atoms with Gasteiger partial charge in [0, 0.05) is 11.0 Å². The van der Waals surface area contributed by atoms with Crippen molar-refractivity contribution in [3.63, 3.8) is 0 Å². The van der Waals surface area contributed by atoms with Crippen LogP contribution in [-0.4, -0.2) is 4.98 Å². The maximum absolute atomic E-state index is 12.2. The van der Waals surface area contributed by atoms with Gasteiger partial charge >= 0.3 is 0 Å². The average molecular weight is 194 g/mol. The van der Waals surface area contributed by atoms with Crippen LogP contribution in [-0.2, 0) is 0 Å². The number of halogens is 2. The van der Waals surface area contributed by atoms with Gasteiger partial charge in [-0.05, 0) is 22.8 Å². The Balaban J connectivity index is 0.000000461. The van der Waals surface area contributed by atoms with E-state index in [1.807, 2.05) is 13.8 Å². The molecule has 1 rings (SSSR count). The van der Waals surface area contributed by atoms with Crippen molar-refractivity contribution in [1.82, 2.24) is 4.98 Å². The van der Waals surface area contributed by atoms with E-state index in [2.05, 4.69) is 4.98 Å². The molecular weight excluding hydrogens is 185 g/mol. The SMILES string of the molecule is CC.Fc1cccc(SCl)n1. The van der Waals surface area contributed by atoms with Gasteiger partial charge in [-0.2, -0.15) is 4.39 Å². The third-order valence-electron chi connectivity index (χ3n) is 0.769. The second-order valence-electron chi connectivity index (χ2n) is 1.38. The number of pyridine rings is 1. The Morgan fingerprint density at radius 2 is 2.09 bits per heavy atom.